The molecule has 0 unspecified atom stereocenters. The van der Waals surface area contributed by atoms with Crippen LogP contribution < -0.4 is 4.18 Å². The van der Waals surface area contributed by atoms with Crippen LogP contribution in [0.15, 0.2) is 18.2 Å². The van der Waals surface area contributed by atoms with Gasteiger partial charge in [0.05, 0.1) is 5.52 Å². The van der Waals surface area contributed by atoms with Crippen molar-refractivity contribution in [1.82, 2.24) is 15.0 Å². The third-order valence-electron chi connectivity index (χ3n) is 3.10. The second kappa shape index (κ2) is 4.58. The number of fused-ring (bicyclic) bond motifs is 1. The molecule has 0 spiro atoms. The lowest BCUT2D eigenvalue weighted by atomic mass is 10.3. The van der Waals surface area contributed by atoms with Gasteiger partial charge in [-0.15, -0.1) is 5.10 Å². The van der Waals surface area contributed by atoms with Crippen LogP contribution in [0.25, 0.3) is 11.0 Å². The normalized spacial score (nSPS) is 16.3. The number of benzene rings is 1. The molecule has 114 valence electrons. The molecule has 1 aliphatic carbocycles. The summed E-state index contributed by atoms with van der Waals surface area (Å²) in [6.45, 7) is 0.692. The lowest BCUT2D eigenvalue weighted by molar-refractivity contribution is -0.0500. The zero-order valence-electron chi connectivity index (χ0n) is 10.5. The fourth-order valence-electron chi connectivity index (χ4n) is 1.86. The summed E-state index contributed by atoms with van der Waals surface area (Å²) >= 11 is 0. The Kier molecular flexibility index (Phi) is 3.08. The second-order valence-electron chi connectivity index (χ2n) is 4.85. The van der Waals surface area contributed by atoms with Gasteiger partial charge in [-0.25, -0.2) is 4.68 Å². The third-order valence-corrected chi connectivity index (χ3v) is 4.08. The van der Waals surface area contributed by atoms with Gasteiger partial charge in [-0.05, 0) is 30.9 Å². The molecule has 0 radical (unpaired) electrons. The molecule has 0 aliphatic heterocycles. The first kappa shape index (κ1) is 14.1. The van der Waals surface area contributed by atoms with Crippen molar-refractivity contribution in [2.75, 3.05) is 0 Å². The first-order valence-corrected chi connectivity index (χ1v) is 7.51. The van der Waals surface area contributed by atoms with Gasteiger partial charge in [-0.1, -0.05) is 5.21 Å². The Morgan fingerprint density at radius 2 is 2.05 bits per heavy atom. The van der Waals surface area contributed by atoms with Crippen molar-refractivity contribution in [2.45, 2.75) is 24.9 Å². The Labute approximate surface area is 117 Å². The van der Waals surface area contributed by atoms with Crippen LogP contribution in [-0.2, 0) is 16.7 Å². The molecule has 1 aliphatic rings. The van der Waals surface area contributed by atoms with Gasteiger partial charge in [0, 0.05) is 12.6 Å². The van der Waals surface area contributed by atoms with Gasteiger partial charge >= 0.3 is 15.6 Å². The maximum atomic E-state index is 12.2. The maximum Gasteiger partial charge on any atom is 0.534 e. The van der Waals surface area contributed by atoms with Crippen molar-refractivity contribution in [2.24, 2.45) is 5.92 Å². The van der Waals surface area contributed by atoms with E-state index in [4.69, 9.17) is 0 Å². The van der Waals surface area contributed by atoms with E-state index in [2.05, 4.69) is 14.5 Å². The minimum absolute atomic E-state index is 0.283. The highest BCUT2D eigenvalue weighted by molar-refractivity contribution is 7.88. The van der Waals surface area contributed by atoms with Crippen molar-refractivity contribution < 1.29 is 25.8 Å². The van der Waals surface area contributed by atoms with E-state index >= 15 is 0 Å². The molecule has 0 N–H and O–H groups in total. The summed E-state index contributed by atoms with van der Waals surface area (Å²) in [7, 11) is -5.68. The zero-order valence-corrected chi connectivity index (χ0v) is 11.4. The number of hydrogen-bond acceptors (Lipinski definition) is 5. The van der Waals surface area contributed by atoms with E-state index in [1.165, 1.54) is 6.07 Å². The van der Waals surface area contributed by atoms with Crippen molar-refractivity contribution >= 4 is 21.2 Å². The number of nitrogens with zero attached hydrogens (tertiary/aromatic N) is 3. The van der Waals surface area contributed by atoms with Crippen molar-refractivity contribution in [3.8, 4) is 5.75 Å². The Bertz CT molecular complexity index is 781. The summed E-state index contributed by atoms with van der Waals surface area (Å²) < 4.78 is 64.3. The number of alkyl halides is 3. The van der Waals surface area contributed by atoms with Crippen LogP contribution in [-0.4, -0.2) is 28.9 Å². The first-order chi connectivity index (χ1) is 9.76. The largest absolute Gasteiger partial charge is 0.534 e. The minimum Gasteiger partial charge on any atom is -0.376 e. The number of halogens is 3. The lowest BCUT2D eigenvalue weighted by Crippen LogP contribution is -2.28. The molecule has 1 fully saturated rings. The molecule has 1 aromatic heterocycles. The standard InChI is InChI=1S/C11H10F3N3O3S/c12-11(13,14)21(18,19)20-8-3-4-10-9(5-8)15-16-17(10)6-7-1-2-7/h3-5,7H,1-2,6H2. The molecular formula is C11H10F3N3O3S. The molecule has 0 saturated heterocycles. The fraction of sp³-hybridized carbons (Fsp3) is 0.455. The van der Waals surface area contributed by atoms with Crippen LogP contribution in [0.1, 0.15) is 12.8 Å². The van der Waals surface area contributed by atoms with Crippen LogP contribution in [0.2, 0.25) is 0 Å². The SMILES string of the molecule is O=S(=O)(Oc1ccc2c(c1)nnn2CC1CC1)C(F)(F)F. The van der Waals surface area contributed by atoms with Gasteiger partial charge < -0.3 is 4.18 Å². The Hall–Kier alpha value is -1.84. The highest BCUT2D eigenvalue weighted by Crippen LogP contribution is 2.32. The van der Waals surface area contributed by atoms with E-state index < -0.39 is 21.4 Å². The number of aromatic nitrogens is 3. The highest BCUT2D eigenvalue weighted by atomic mass is 32.2. The maximum absolute atomic E-state index is 12.2. The predicted molar refractivity (Wildman–Crippen MR) is 65.9 cm³/mol. The predicted octanol–water partition coefficient (Wildman–Crippen LogP) is 2.07. The first-order valence-electron chi connectivity index (χ1n) is 6.10. The molecule has 3 rings (SSSR count). The Morgan fingerprint density at radius 1 is 1.33 bits per heavy atom. The van der Waals surface area contributed by atoms with E-state index in [9.17, 15) is 21.6 Å². The molecule has 1 saturated carbocycles. The summed E-state index contributed by atoms with van der Waals surface area (Å²) in [4.78, 5) is 0. The van der Waals surface area contributed by atoms with E-state index in [0.29, 0.717) is 18.0 Å². The van der Waals surface area contributed by atoms with Gasteiger partial charge in [-0.3, -0.25) is 0 Å². The quantitative estimate of drug-likeness (QED) is 0.636. The van der Waals surface area contributed by atoms with Crippen LogP contribution in [0, 0.1) is 5.92 Å². The van der Waals surface area contributed by atoms with E-state index in [1.54, 1.807) is 4.68 Å². The molecular weight excluding hydrogens is 311 g/mol. The lowest BCUT2D eigenvalue weighted by Gasteiger charge is -2.09. The molecule has 0 atom stereocenters. The topological polar surface area (TPSA) is 74.1 Å². The van der Waals surface area contributed by atoms with Gasteiger partial charge in [-0.2, -0.15) is 21.6 Å². The molecule has 0 bridgehead atoms. The van der Waals surface area contributed by atoms with E-state index in [1.807, 2.05) is 0 Å². The third kappa shape index (κ3) is 2.80. The van der Waals surface area contributed by atoms with Crippen LogP contribution >= 0.6 is 0 Å². The monoisotopic (exact) mass is 321 g/mol. The van der Waals surface area contributed by atoms with Crippen molar-refractivity contribution in [1.29, 1.82) is 0 Å². The van der Waals surface area contributed by atoms with E-state index in [-0.39, 0.29) is 5.52 Å². The Morgan fingerprint density at radius 3 is 2.67 bits per heavy atom. The number of rotatable bonds is 4. The van der Waals surface area contributed by atoms with Gasteiger partial charge in [0.15, 0.2) is 0 Å². The smallest absolute Gasteiger partial charge is 0.376 e. The molecule has 21 heavy (non-hydrogen) atoms. The average molecular weight is 321 g/mol. The molecule has 2 aromatic rings. The molecule has 1 aromatic carbocycles. The molecule has 6 nitrogen and oxygen atoms in total. The van der Waals surface area contributed by atoms with Gasteiger partial charge in [0.1, 0.15) is 11.3 Å². The second-order valence-corrected chi connectivity index (χ2v) is 6.39. The average Bonchev–Trinajstić information content (AvgIpc) is 3.09. The van der Waals surface area contributed by atoms with Crippen molar-refractivity contribution in [3.05, 3.63) is 18.2 Å². The van der Waals surface area contributed by atoms with Crippen LogP contribution in [0.4, 0.5) is 13.2 Å². The van der Waals surface area contributed by atoms with Crippen LogP contribution in [0.3, 0.4) is 0 Å². The molecule has 0 amide bonds. The summed E-state index contributed by atoms with van der Waals surface area (Å²) in [5.41, 5.74) is -4.56. The zero-order chi connectivity index (χ0) is 15.3. The molecule has 10 heteroatoms. The summed E-state index contributed by atoms with van der Waals surface area (Å²) in [5, 5.41) is 7.71. The van der Waals surface area contributed by atoms with E-state index in [0.717, 1.165) is 25.0 Å². The van der Waals surface area contributed by atoms with Crippen molar-refractivity contribution in [3.63, 3.8) is 0 Å². The summed E-state index contributed by atoms with van der Waals surface area (Å²) in [6.07, 6.45) is 2.23. The highest BCUT2D eigenvalue weighted by Gasteiger charge is 2.48. The fourth-order valence-corrected chi connectivity index (χ4v) is 2.31. The van der Waals surface area contributed by atoms with Gasteiger partial charge in [0.2, 0.25) is 0 Å². The Balaban J connectivity index is 1.88. The summed E-state index contributed by atoms with van der Waals surface area (Å²) in [6, 6.07) is 3.71. The molecule has 1 heterocycles. The summed E-state index contributed by atoms with van der Waals surface area (Å²) in [5.74, 6) is 0.106. The minimum atomic E-state index is -5.68. The number of hydrogen-bond donors (Lipinski definition) is 0. The van der Waals surface area contributed by atoms with Gasteiger partial charge in [0.25, 0.3) is 0 Å². The van der Waals surface area contributed by atoms with Crippen LogP contribution in [0.5, 0.6) is 5.75 Å².